The van der Waals surface area contributed by atoms with Gasteiger partial charge in [-0.1, -0.05) is 18.2 Å². The van der Waals surface area contributed by atoms with Gasteiger partial charge in [0.05, 0.1) is 18.1 Å². The molecule has 2 aliphatic heterocycles. The van der Waals surface area contributed by atoms with Crippen LogP contribution in [0.4, 0.5) is 17.1 Å². The first-order chi connectivity index (χ1) is 15.5. The number of benzene rings is 2. The summed E-state index contributed by atoms with van der Waals surface area (Å²) in [5.74, 6) is -0.219. The Kier molecular flexibility index (Phi) is 6.81. The maximum Gasteiger partial charge on any atom is 0.292 e. The predicted molar refractivity (Wildman–Crippen MR) is 126 cm³/mol. The first kappa shape index (κ1) is 22.0. The molecule has 2 aromatic rings. The van der Waals surface area contributed by atoms with Gasteiger partial charge in [-0.25, -0.2) is 0 Å². The maximum atomic E-state index is 12.4. The Hall–Kier alpha value is -3.24. The number of hydrogen-bond acceptors (Lipinski definition) is 7. The van der Waals surface area contributed by atoms with Crippen molar-refractivity contribution in [2.45, 2.75) is 0 Å². The van der Waals surface area contributed by atoms with Crippen molar-refractivity contribution < 1.29 is 14.5 Å². The van der Waals surface area contributed by atoms with Gasteiger partial charge in [-0.05, 0) is 36.5 Å². The van der Waals surface area contributed by atoms with Gasteiger partial charge in [-0.3, -0.25) is 20.2 Å². The van der Waals surface area contributed by atoms with Gasteiger partial charge in [-0.15, -0.1) is 0 Å². The number of carbonyl (C=O) groups excluding carboxylic acids is 1. The molecule has 32 heavy (non-hydrogen) atoms. The molecule has 168 valence electrons. The average Bonchev–Trinajstić information content (AvgIpc) is 2.84. The molecule has 1 N–H and O–H groups in total. The number of piperazine rings is 1. The number of hydrogen-bond donors (Lipinski definition) is 1. The number of nitrogens with zero attached hydrogens (tertiary/aromatic N) is 4. The molecule has 2 aromatic carbocycles. The smallest absolute Gasteiger partial charge is 0.292 e. The quantitative estimate of drug-likeness (QED) is 0.427. The molecule has 1 amide bonds. The lowest BCUT2D eigenvalue weighted by Crippen LogP contribution is -2.52. The number of morpholine rings is 1. The minimum absolute atomic E-state index is 0.110. The number of nitrogens with one attached hydrogen (secondary N) is 1. The zero-order valence-electron chi connectivity index (χ0n) is 17.6. The van der Waals surface area contributed by atoms with E-state index in [1.165, 1.54) is 0 Å². The van der Waals surface area contributed by atoms with Crippen LogP contribution in [0.3, 0.4) is 0 Å². The zero-order valence-corrected chi connectivity index (χ0v) is 18.4. The Balaban J connectivity index is 1.40. The molecule has 0 radical (unpaired) electrons. The summed E-state index contributed by atoms with van der Waals surface area (Å²) in [6.07, 6.45) is 0. The summed E-state index contributed by atoms with van der Waals surface area (Å²) >= 11 is 5.44. The Bertz CT molecular complexity index is 989. The minimum atomic E-state index is -0.333. The summed E-state index contributed by atoms with van der Waals surface area (Å²) in [4.78, 5) is 29.7. The van der Waals surface area contributed by atoms with Crippen molar-refractivity contribution in [3.8, 4) is 0 Å². The molecule has 9 nitrogen and oxygen atoms in total. The SMILES string of the molecule is O=C(NC(=S)N1CCN(c2ccc([N+](=O)[O-])c(N3CCOCC3)c2)CC1)c1ccccc1. The van der Waals surface area contributed by atoms with E-state index in [-0.39, 0.29) is 16.5 Å². The van der Waals surface area contributed by atoms with Crippen LogP contribution >= 0.6 is 12.2 Å². The number of nitro groups is 1. The van der Waals surface area contributed by atoms with Crippen LogP contribution in [0.5, 0.6) is 0 Å². The van der Waals surface area contributed by atoms with Crippen molar-refractivity contribution in [3.63, 3.8) is 0 Å². The number of amides is 1. The highest BCUT2D eigenvalue weighted by atomic mass is 32.1. The van der Waals surface area contributed by atoms with E-state index in [0.717, 1.165) is 5.69 Å². The van der Waals surface area contributed by atoms with Gasteiger partial charge >= 0.3 is 0 Å². The van der Waals surface area contributed by atoms with Crippen molar-refractivity contribution in [2.75, 3.05) is 62.3 Å². The highest BCUT2D eigenvalue weighted by Gasteiger charge is 2.25. The van der Waals surface area contributed by atoms with Crippen molar-refractivity contribution in [1.29, 1.82) is 0 Å². The molecule has 4 rings (SSSR count). The number of rotatable bonds is 4. The summed E-state index contributed by atoms with van der Waals surface area (Å²) in [7, 11) is 0. The van der Waals surface area contributed by atoms with Gasteiger partial charge in [0.1, 0.15) is 5.69 Å². The maximum absolute atomic E-state index is 12.4. The van der Waals surface area contributed by atoms with E-state index in [4.69, 9.17) is 17.0 Å². The number of ether oxygens (including phenoxy) is 1. The van der Waals surface area contributed by atoms with E-state index in [9.17, 15) is 14.9 Å². The predicted octanol–water partition coefficient (Wildman–Crippen LogP) is 2.27. The second-order valence-electron chi connectivity index (χ2n) is 7.63. The van der Waals surface area contributed by atoms with Crippen molar-refractivity contribution in [1.82, 2.24) is 10.2 Å². The lowest BCUT2D eigenvalue weighted by Gasteiger charge is -2.37. The number of nitro benzene ring substituents is 1. The summed E-state index contributed by atoms with van der Waals surface area (Å²) in [5.41, 5.74) is 2.24. The topological polar surface area (TPSA) is 91.2 Å². The van der Waals surface area contributed by atoms with E-state index in [1.54, 1.807) is 24.3 Å². The molecule has 2 heterocycles. The van der Waals surface area contributed by atoms with Gasteiger partial charge < -0.3 is 19.4 Å². The summed E-state index contributed by atoms with van der Waals surface area (Å²) in [6, 6.07) is 14.3. The lowest BCUT2D eigenvalue weighted by atomic mass is 10.1. The van der Waals surface area contributed by atoms with Crippen molar-refractivity contribution in [2.24, 2.45) is 0 Å². The Morgan fingerprint density at radius 3 is 2.31 bits per heavy atom. The van der Waals surface area contributed by atoms with Crippen LogP contribution in [0.2, 0.25) is 0 Å². The third-order valence-electron chi connectivity index (χ3n) is 5.70. The Labute approximate surface area is 191 Å². The van der Waals surface area contributed by atoms with Crippen LogP contribution in [0, 0.1) is 10.1 Å². The molecule has 0 atom stereocenters. The molecule has 2 fully saturated rings. The van der Waals surface area contributed by atoms with Crippen LogP contribution in [-0.2, 0) is 4.74 Å². The molecule has 0 saturated carbocycles. The van der Waals surface area contributed by atoms with E-state index in [1.807, 2.05) is 34.1 Å². The number of thiocarbonyl (C=S) groups is 1. The number of anilines is 2. The summed E-state index contributed by atoms with van der Waals surface area (Å²) in [6.45, 7) is 5.08. The molecule has 2 aliphatic rings. The first-order valence-corrected chi connectivity index (χ1v) is 10.9. The van der Waals surface area contributed by atoms with Gasteiger partial charge in [0, 0.05) is 56.6 Å². The summed E-state index contributed by atoms with van der Waals surface area (Å²) in [5, 5.41) is 14.8. The third kappa shape index (κ3) is 4.97. The second kappa shape index (κ2) is 9.92. The fraction of sp³-hybridized carbons (Fsp3) is 0.364. The first-order valence-electron chi connectivity index (χ1n) is 10.5. The molecular weight excluding hydrogens is 430 g/mol. The average molecular weight is 456 g/mol. The highest BCUT2D eigenvalue weighted by Crippen LogP contribution is 2.33. The minimum Gasteiger partial charge on any atom is -0.378 e. The van der Waals surface area contributed by atoms with E-state index >= 15 is 0 Å². The largest absolute Gasteiger partial charge is 0.378 e. The van der Waals surface area contributed by atoms with Crippen LogP contribution in [0.15, 0.2) is 48.5 Å². The molecular formula is C22H25N5O4S. The van der Waals surface area contributed by atoms with Crippen molar-refractivity contribution >= 4 is 40.3 Å². The number of carbonyl (C=O) groups is 1. The molecule has 0 aliphatic carbocycles. The van der Waals surface area contributed by atoms with Crippen LogP contribution < -0.4 is 15.1 Å². The van der Waals surface area contributed by atoms with Gasteiger partial charge in [-0.2, -0.15) is 0 Å². The van der Waals surface area contributed by atoms with Gasteiger partial charge in [0.2, 0.25) is 0 Å². The third-order valence-corrected chi connectivity index (χ3v) is 6.06. The molecule has 2 saturated heterocycles. The zero-order chi connectivity index (χ0) is 22.5. The highest BCUT2D eigenvalue weighted by molar-refractivity contribution is 7.80. The van der Waals surface area contributed by atoms with E-state index in [2.05, 4.69) is 10.2 Å². The van der Waals surface area contributed by atoms with E-state index < -0.39 is 0 Å². The molecule has 0 aromatic heterocycles. The molecule has 10 heteroatoms. The fourth-order valence-corrected chi connectivity index (χ4v) is 4.20. The Morgan fingerprint density at radius 1 is 0.969 bits per heavy atom. The van der Waals surface area contributed by atoms with Gasteiger partial charge in [0.25, 0.3) is 11.6 Å². The van der Waals surface area contributed by atoms with Crippen molar-refractivity contribution in [3.05, 3.63) is 64.2 Å². The molecule has 0 bridgehead atoms. The molecule has 0 spiro atoms. The van der Waals surface area contributed by atoms with E-state index in [0.29, 0.717) is 68.8 Å². The van der Waals surface area contributed by atoms with Crippen LogP contribution in [0.25, 0.3) is 0 Å². The monoisotopic (exact) mass is 455 g/mol. The lowest BCUT2D eigenvalue weighted by molar-refractivity contribution is -0.384. The second-order valence-corrected chi connectivity index (χ2v) is 8.02. The summed E-state index contributed by atoms with van der Waals surface area (Å²) < 4.78 is 5.39. The fourth-order valence-electron chi connectivity index (χ4n) is 3.93. The van der Waals surface area contributed by atoms with Gasteiger partial charge in [0.15, 0.2) is 5.11 Å². The normalized spacial score (nSPS) is 16.6. The van der Waals surface area contributed by atoms with Crippen LogP contribution in [0.1, 0.15) is 10.4 Å². The molecule has 0 unspecified atom stereocenters. The van der Waals surface area contributed by atoms with Crippen LogP contribution in [-0.4, -0.2) is 73.3 Å². The Morgan fingerprint density at radius 2 is 1.66 bits per heavy atom. The standard InChI is InChI=1S/C22H25N5O4S/c28-21(17-4-2-1-3-5-17)23-22(32)26-10-8-24(9-11-26)18-6-7-19(27(29)30)20(16-18)25-12-14-31-15-13-25/h1-7,16H,8-15H2,(H,23,28,32).